The van der Waals surface area contributed by atoms with E-state index in [2.05, 4.69) is 10.5 Å². The van der Waals surface area contributed by atoms with Crippen molar-refractivity contribution in [3.05, 3.63) is 60.0 Å². The van der Waals surface area contributed by atoms with Gasteiger partial charge < -0.3 is 15.3 Å². The molecule has 22 heavy (non-hydrogen) atoms. The first kappa shape index (κ1) is 14.1. The maximum Gasteiger partial charge on any atom is 0.187 e. The summed E-state index contributed by atoms with van der Waals surface area (Å²) in [4.78, 5) is 0. The minimum atomic E-state index is -0.0753. The van der Waals surface area contributed by atoms with Gasteiger partial charge in [0.25, 0.3) is 0 Å². The molecule has 1 aromatic heterocycles. The molecule has 4 N–H and O–H groups in total. The summed E-state index contributed by atoms with van der Waals surface area (Å²) < 4.78 is 5.82. The van der Waals surface area contributed by atoms with E-state index in [1.165, 1.54) is 0 Å². The fourth-order valence-corrected chi connectivity index (χ4v) is 2.20. The zero-order valence-corrected chi connectivity index (χ0v) is 12.3. The van der Waals surface area contributed by atoms with Gasteiger partial charge in [0.15, 0.2) is 16.6 Å². The molecule has 0 bridgehead atoms. The van der Waals surface area contributed by atoms with Crippen LogP contribution < -0.4 is 16.5 Å². The van der Waals surface area contributed by atoms with E-state index in [9.17, 15) is 5.11 Å². The van der Waals surface area contributed by atoms with Gasteiger partial charge in [0.05, 0.1) is 0 Å². The highest BCUT2D eigenvalue weighted by Gasteiger charge is 2.13. The first-order valence-electron chi connectivity index (χ1n) is 6.56. The number of nitrogens with zero attached hydrogens (tertiary/aromatic N) is 1. The SMILES string of the molecule is NC(=S)N/N=c1/c(O)c(-c2ccccc2)oc2ccccc12. The lowest BCUT2D eigenvalue weighted by Crippen LogP contribution is -2.26. The third-order valence-electron chi connectivity index (χ3n) is 3.11. The Balaban J connectivity index is 2.34. The van der Waals surface area contributed by atoms with Crippen molar-refractivity contribution in [1.82, 2.24) is 5.43 Å². The molecule has 0 spiro atoms. The second-order valence-corrected chi connectivity index (χ2v) is 5.02. The number of para-hydroxylation sites is 1. The van der Waals surface area contributed by atoms with Crippen molar-refractivity contribution in [2.45, 2.75) is 0 Å². The van der Waals surface area contributed by atoms with E-state index in [1.807, 2.05) is 42.5 Å². The van der Waals surface area contributed by atoms with Crippen LogP contribution in [0.4, 0.5) is 0 Å². The van der Waals surface area contributed by atoms with Crippen molar-refractivity contribution in [3.63, 3.8) is 0 Å². The van der Waals surface area contributed by atoms with Crippen LogP contribution in [0.5, 0.6) is 5.75 Å². The third-order valence-corrected chi connectivity index (χ3v) is 3.20. The molecule has 0 radical (unpaired) electrons. The molecule has 3 rings (SSSR count). The van der Waals surface area contributed by atoms with Crippen molar-refractivity contribution in [2.24, 2.45) is 10.8 Å². The molecule has 0 amide bonds. The topological polar surface area (TPSA) is 83.8 Å². The van der Waals surface area contributed by atoms with E-state index in [1.54, 1.807) is 12.1 Å². The second-order valence-electron chi connectivity index (χ2n) is 4.58. The highest BCUT2D eigenvalue weighted by Crippen LogP contribution is 2.29. The van der Waals surface area contributed by atoms with Gasteiger partial charge in [-0.25, -0.2) is 0 Å². The van der Waals surface area contributed by atoms with Gasteiger partial charge in [0.2, 0.25) is 0 Å². The average Bonchev–Trinajstić information content (AvgIpc) is 2.54. The van der Waals surface area contributed by atoms with Crippen LogP contribution in [0.2, 0.25) is 0 Å². The zero-order valence-electron chi connectivity index (χ0n) is 11.5. The molecule has 0 saturated heterocycles. The number of thiocarbonyl (C=S) groups is 1. The molecule has 2 aromatic carbocycles. The number of hydrogen-bond acceptors (Lipinski definition) is 4. The number of rotatable bonds is 2. The molecule has 0 fully saturated rings. The maximum absolute atomic E-state index is 10.5. The predicted octanol–water partition coefficient (Wildman–Crippen LogP) is 2.45. The van der Waals surface area contributed by atoms with E-state index >= 15 is 0 Å². The van der Waals surface area contributed by atoms with Crippen molar-refractivity contribution in [2.75, 3.05) is 0 Å². The lowest BCUT2D eigenvalue weighted by molar-refractivity contribution is 0.446. The quantitative estimate of drug-likeness (QED) is 0.500. The standard InChI is InChI=1S/C16H13N3O2S/c17-16(22)19-18-13-11-8-4-5-9-12(11)21-15(14(13)20)10-6-2-1-3-7-10/h1-9,20H,(H3,17,19,22)/b18-13+. The zero-order chi connectivity index (χ0) is 15.5. The number of nitrogens with two attached hydrogens (primary N) is 1. The molecule has 0 aliphatic carbocycles. The van der Waals surface area contributed by atoms with E-state index < -0.39 is 0 Å². The van der Waals surface area contributed by atoms with Gasteiger partial charge in [-0.05, 0) is 24.4 Å². The molecule has 0 unspecified atom stereocenters. The summed E-state index contributed by atoms with van der Waals surface area (Å²) in [5.41, 5.74) is 9.26. The second kappa shape index (κ2) is 5.87. The molecular weight excluding hydrogens is 298 g/mol. The van der Waals surface area contributed by atoms with Crippen LogP contribution in [0.1, 0.15) is 0 Å². The highest BCUT2D eigenvalue weighted by molar-refractivity contribution is 7.80. The van der Waals surface area contributed by atoms with Gasteiger partial charge in [-0.15, -0.1) is 0 Å². The van der Waals surface area contributed by atoms with Crippen molar-refractivity contribution in [3.8, 4) is 17.1 Å². The molecule has 3 aromatic rings. The molecule has 6 heteroatoms. The van der Waals surface area contributed by atoms with E-state index in [4.69, 9.17) is 22.4 Å². The highest BCUT2D eigenvalue weighted by atomic mass is 32.1. The van der Waals surface area contributed by atoms with E-state index in [-0.39, 0.29) is 10.9 Å². The van der Waals surface area contributed by atoms with Crippen LogP contribution in [0, 0.1) is 0 Å². The number of nitrogens with one attached hydrogen (secondary N) is 1. The van der Waals surface area contributed by atoms with Crippen molar-refractivity contribution in [1.29, 1.82) is 0 Å². The van der Waals surface area contributed by atoms with Crippen LogP contribution in [-0.2, 0) is 0 Å². The third kappa shape index (κ3) is 2.64. The Hall–Kier alpha value is -2.86. The van der Waals surface area contributed by atoms with Crippen LogP contribution in [-0.4, -0.2) is 10.2 Å². The van der Waals surface area contributed by atoms with Crippen molar-refractivity contribution < 1.29 is 9.52 Å². The molecule has 5 nitrogen and oxygen atoms in total. The molecule has 1 heterocycles. The summed E-state index contributed by atoms with van der Waals surface area (Å²) in [5.74, 6) is 0.261. The van der Waals surface area contributed by atoms with Crippen LogP contribution >= 0.6 is 12.2 Å². The van der Waals surface area contributed by atoms with Crippen LogP contribution in [0.3, 0.4) is 0 Å². The van der Waals surface area contributed by atoms with Gasteiger partial charge in [0.1, 0.15) is 10.9 Å². The van der Waals surface area contributed by atoms with Gasteiger partial charge in [-0.1, -0.05) is 42.5 Å². The molecule has 0 atom stereocenters. The Morgan fingerprint density at radius 2 is 1.77 bits per heavy atom. The number of benzene rings is 2. The molecule has 110 valence electrons. The first-order chi connectivity index (χ1) is 10.7. The number of fused-ring (bicyclic) bond motifs is 1. The van der Waals surface area contributed by atoms with Crippen LogP contribution in [0.15, 0.2) is 64.1 Å². The lowest BCUT2D eigenvalue weighted by Gasteiger charge is -2.08. The Bertz CT molecular complexity index is 904. The van der Waals surface area contributed by atoms with Crippen LogP contribution in [0.25, 0.3) is 22.3 Å². The van der Waals surface area contributed by atoms with E-state index in [0.717, 1.165) is 5.56 Å². The minimum Gasteiger partial charge on any atom is -0.503 e. The summed E-state index contributed by atoms with van der Waals surface area (Å²) in [6, 6.07) is 16.6. The Morgan fingerprint density at radius 1 is 1.09 bits per heavy atom. The van der Waals surface area contributed by atoms with Gasteiger partial charge in [-0.2, -0.15) is 5.10 Å². The lowest BCUT2D eigenvalue weighted by atomic mass is 10.1. The summed E-state index contributed by atoms with van der Waals surface area (Å²) in [7, 11) is 0. The molecular formula is C16H13N3O2S. The fourth-order valence-electron chi connectivity index (χ4n) is 2.15. The average molecular weight is 311 g/mol. The van der Waals surface area contributed by atoms with Gasteiger partial charge in [-0.3, -0.25) is 5.43 Å². The Kier molecular flexibility index (Phi) is 3.76. The molecule has 0 aliphatic heterocycles. The maximum atomic E-state index is 10.5. The monoisotopic (exact) mass is 311 g/mol. The largest absolute Gasteiger partial charge is 0.503 e. The Labute approximate surface area is 131 Å². The summed E-state index contributed by atoms with van der Waals surface area (Å²) in [6.45, 7) is 0. The van der Waals surface area contributed by atoms with Gasteiger partial charge in [0, 0.05) is 10.9 Å². The smallest absolute Gasteiger partial charge is 0.187 e. The summed E-state index contributed by atoms with van der Waals surface area (Å²) in [6.07, 6.45) is 0. The minimum absolute atomic E-state index is 0.0190. The summed E-state index contributed by atoms with van der Waals surface area (Å²) >= 11 is 4.75. The van der Waals surface area contributed by atoms with E-state index in [0.29, 0.717) is 22.1 Å². The van der Waals surface area contributed by atoms with Gasteiger partial charge >= 0.3 is 0 Å². The Morgan fingerprint density at radius 3 is 2.50 bits per heavy atom. The van der Waals surface area contributed by atoms with Crippen molar-refractivity contribution >= 4 is 28.3 Å². The number of aromatic hydroxyl groups is 1. The first-order valence-corrected chi connectivity index (χ1v) is 6.97. The summed E-state index contributed by atoms with van der Waals surface area (Å²) in [5, 5.41) is 15.6. The predicted molar refractivity (Wildman–Crippen MR) is 88.8 cm³/mol. The fraction of sp³-hybridized carbons (Fsp3) is 0. The molecule has 0 saturated carbocycles. The molecule has 0 aliphatic rings. The normalized spacial score (nSPS) is 11.5. The number of hydrogen-bond donors (Lipinski definition) is 3.